The summed E-state index contributed by atoms with van der Waals surface area (Å²) < 4.78 is 0. The van der Waals surface area contributed by atoms with Gasteiger partial charge >= 0.3 is 0 Å². The monoisotopic (exact) mass is 436 g/mol. The normalized spacial score (nSPS) is 15.1. The lowest BCUT2D eigenvalue weighted by atomic mass is 9.89. The van der Waals surface area contributed by atoms with Crippen LogP contribution in [-0.4, -0.2) is 39.5 Å². The molecular formula is C26H24N6O. The molecule has 1 atom stereocenters. The fourth-order valence-corrected chi connectivity index (χ4v) is 4.17. The molecule has 5 rings (SSSR count). The summed E-state index contributed by atoms with van der Waals surface area (Å²) in [4.78, 5) is 23.1. The van der Waals surface area contributed by atoms with Gasteiger partial charge in [-0.3, -0.25) is 10.1 Å². The van der Waals surface area contributed by atoms with Crippen LogP contribution < -0.4 is 10.2 Å². The molecule has 164 valence electrons. The first-order valence-corrected chi connectivity index (χ1v) is 10.8. The van der Waals surface area contributed by atoms with Gasteiger partial charge in [-0.15, -0.1) is 5.10 Å². The smallest absolute Gasteiger partial charge is 0.246 e. The number of rotatable bonds is 5. The number of fused-ring (bicyclic) bond motifs is 1. The van der Waals surface area contributed by atoms with E-state index in [0.717, 1.165) is 51.2 Å². The van der Waals surface area contributed by atoms with Crippen LogP contribution >= 0.6 is 0 Å². The topological polar surface area (TPSA) is 86.8 Å². The number of aromatic nitrogens is 4. The first-order chi connectivity index (χ1) is 16.0. The molecule has 2 aromatic carbocycles. The molecule has 7 heteroatoms. The fourth-order valence-electron chi connectivity index (χ4n) is 4.17. The van der Waals surface area contributed by atoms with Gasteiger partial charge in [0, 0.05) is 41.4 Å². The van der Waals surface area contributed by atoms with Crippen molar-refractivity contribution in [1.29, 1.82) is 0 Å². The van der Waals surface area contributed by atoms with Gasteiger partial charge in [0.1, 0.15) is 12.3 Å². The van der Waals surface area contributed by atoms with E-state index in [9.17, 15) is 4.79 Å². The molecule has 2 aromatic heterocycles. The van der Waals surface area contributed by atoms with Crippen molar-refractivity contribution in [2.75, 3.05) is 17.3 Å². The van der Waals surface area contributed by atoms with Crippen LogP contribution in [0.5, 0.6) is 0 Å². The van der Waals surface area contributed by atoms with Gasteiger partial charge in [-0.1, -0.05) is 36.4 Å². The van der Waals surface area contributed by atoms with E-state index in [2.05, 4.69) is 31.6 Å². The molecule has 4 aromatic rings. The second-order valence-electron chi connectivity index (χ2n) is 8.20. The van der Waals surface area contributed by atoms with Crippen molar-refractivity contribution in [1.82, 2.24) is 20.2 Å². The number of benzene rings is 2. The highest BCUT2D eigenvalue weighted by molar-refractivity contribution is 6.01. The summed E-state index contributed by atoms with van der Waals surface area (Å²) in [5.41, 5.74) is 7.74. The van der Waals surface area contributed by atoms with Crippen molar-refractivity contribution in [3.63, 3.8) is 0 Å². The average Bonchev–Trinajstić information content (AvgIpc) is 3.30. The molecule has 0 aliphatic carbocycles. The quantitative estimate of drug-likeness (QED) is 0.438. The minimum atomic E-state index is -0.388. The van der Waals surface area contributed by atoms with E-state index < -0.39 is 0 Å². The van der Waals surface area contributed by atoms with Gasteiger partial charge in [-0.2, -0.15) is 4.98 Å². The highest BCUT2D eigenvalue weighted by Crippen LogP contribution is 2.37. The Morgan fingerprint density at radius 3 is 2.70 bits per heavy atom. The van der Waals surface area contributed by atoms with Crippen molar-refractivity contribution in [3.8, 4) is 11.4 Å². The second-order valence-corrected chi connectivity index (χ2v) is 8.20. The number of nitrogens with one attached hydrogen (secondary N) is 2. The number of hydrogen-bond acceptors (Lipinski definition) is 6. The second kappa shape index (κ2) is 8.35. The van der Waals surface area contributed by atoms with E-state index in [1.807, 2.05) is 86.6 Å². The van der Waals surface area contributed by atoms with Gasteiger partial charge < -0.3 is 15.0 Å². The molecule has 1 unspecified atom stereocenters. The lowest BCUT2D eigenvalue weighted by Gasteiger charge is -2.34. The van der Waals surface area contributed by atoms with Gasteiger partial charge in [0.25, 0.3) is 0 Å². The van der Waals surface area contributed by atoms with Crippen LogP contribution in [0.15, 0.2) is 60.8 Å². The summed E-state index contributed by atoms with van der Waals surface area (Å²) in [7, 11) is 1.94. The lowest BCUT2D eigenvalue weighted by Crippen LogP contribution is -2.36. The molecular weight excluding hydrogens is 412 g/mol. The van der Waals surface area contributed by atoms with Crippen LogP contribution in [0.1, 0.15) is 22.4 Å². The van der Waals surface area contributed by atoms with E-state index in [4.69, 9.17) is 0 Å². The molecule has 33 heavy (non-hydrogen) atoms. The number of carbonyl (C=O) groups is 1. The molecule has 0 bridgehead atoms. The van der Waals surface area contributed by atoms with Crippen molar-refractivity contribution >= 4 is 35.3 Å². The Morgan fingerprint density at radius 2 is 1.91 bits per heavy atom. The summed E-state index contributed by atoms with van der Waals surface area (Å²) in [6.45, 7) is 4.00. The van der Waals surface area contributed by atoms with Crippen molar-refractivity contribution in [3.05, 3.63) is 83.2 Å². The summed E-state index contributed by atoms with van der Waals surface area (Å²) in [5.74, 6) is 1.18. The zero-order valence-electron chi connectivity index (χ0n) is 18.7. The summed E-state index contributed by atoms with van der Waals surface area (Å²) >= 11 is 0. The van der Waals surface area contributed by atoms with Crippen LogP contribution in [0.3, 0.4) is 0 Å². The van der Waals surface area contributed by atoms with Gasteiger partial charge in [0.15, 0.2) is 5.82 Å². The number of likely N-dealkylation sites (N-methyl/N-ethyl adjacent to an activating group) is 1. The molecule has 7 nitrogen and oxygen atoms in total. The fraction of sp³-hybridized carbons (Fsp3) is 0.154. The molecule has 0 amide bonds. The van der Waals surface area contributed by atoms with E-state index in [0.29, 0.717) is 11.8 Å². The third-order valence-corrected chi connectivity index (χ3v) is 5.94. The van der Waals surface area contributed by atoms with E-state index in [-0.39, 0.29) is 6.04 Å². The van der Waals surface area contributed by atoms with Crippen LogP contribution in [0, 0.1) is 13.8 Å². The molecule has 0 saturated carbocycles. The molecule has 0 radical (unpaired) electrons. The summed E-state index contributed by atoms with van der Waals surface area (Å²) in [6.07, 6.45) is 4.91. The SMILES string of the molecule is Cc1cc2c(cn1)C=C(c1cc(Nc3n[nH]c(-c4ccccc4)n3)ccc1C)C(C=O)N2C. The van der Waals surface area contributed by atoms with Gasteiger partial charge in [0.05, 0.1) is 0 Å². The Labute approximate surface area is 192 Å². The predicted octanol–water partition coefficient (Wildman–Crippen LogP) is 4.79. The van der Waals surface area contributed by atoms with Gasteiger partial charge in [-0.25, -0.2) is 0 Å². The first kappa shape index (κ1) is 20.6. The van der Waals surface area contributed by atoms with Crippen LogP contribution in [0.25, 0.3) is 23.0 Å². The molecule has 1 aliphatic heterocycles. The maximum atomic E-state index is 12.1. The van der Waals surface area contributed by atoms with Gasteiger partial charge in [-0.05, 0) is 54.8 Å². The number of hydrogen-bond donors (Lipinski definition) is 2. The average molecular weight is 437 g/mol. The number of carbonyl (C=O) groups excluding carboxylic acids is 1. The highest BCUT2D eigenvalue weighted by Gasteiger charge is 2.28. The Bertz CT molecular complexity index is 1360. The van der Waals surface area contributed by atoms with Crippen LogP contribution in [0.4, 0.5) is 17.3 Å². The Hall–Kier alpha value is -4.26. The van der Waals surface area contributed by atoms with Gasteiger partial charge in [0.2, 0.25) is 5.95 Å². The molecule has 0 fully saturated rings. The lowest BCUT2D eigenvalue weighted by molar-refractivity contribution is -0.107. The van der Waals surface area contributed by atoms with Crippen LogP contribution in [0.2, 0.25) is 0 Å². The van der Waals surface area contributed by atoms with Crippen LogP contribution in [-0.2, 0) is 4.79 Å². The molecule has 0 spiro atoms. The number of aldehydes is 1. The van der Waals surface area contributed by atoms with E-state index in [1.165, 1.54) is 0 Å². The number of pyridine rings is 1. The Kier molecular flexibility index (Phi) is 5.22. The van der Waals surface area contributed by atoms with Crippen molar-refractivity contribution < 1.29 is 4.79 Å². The van der Waals surface area contributed by atoms with E-state index in [1.54, 1.807) is 0 Å². The number of anilines is 3. The first-order valence-electron chi connectivity index (χ1n) is 10.8. The standard InChI is InChI=1S/C26H24N6O/c1-16-9-10-20(28-26-29-25(30-31-26)18-7-5-4-6-8-18)13-21(16)22-12-19-14-27-17(2)11-23(19)32(3)24(22)15-33/h4-15,24H,1-3H3,(H2,28,29,30,31). The minimum absolute atomic E-state index is 0.388. The zero-order valence-corrected chi connectivity index (χ0v) is 18.7. The Balaban J connectivity index is 1.49. The number of H-pyrrole nitrogens is 1. The maximum Gasteiger partial charge on any atom is 0.246 e. The summed E-state index contributed by atoms with van der Waals surface area (Å²) in [5, 5.41) is 10.5. The van der Waals surface area contributed by atoms with Crippen molar-refractivity contribution in [2.45, 2.75) is 19.9 Å². The third kappa shape index (κ3) is 3.89. The number of nitrogens with zero attached hydrogens (tertiary/aromatic N) is 4. The number of aryl methyl sites for hydroxylation is 2. The Morgan fingerprint density at radius 1 is 1.09 bits per heavy atom. The summed E-state index contributed by atoms with van der Waals surface area (Å²) in [6, 6.07) is 17.5. The van der Waals surface area contributed by atoms with E-state index >= 15 is 0 Å². The minimum Gasteiger partial charge on any atom is -0.360 e. The number of aromatic amines is 1. The predicted molar refractivity (Wildman–Crippen MR) is 131 cm³/mol. The third-order valence-electron chi connectivity index (χ3n) is 5.94. The molecule has 2 N–H and O–H groups in total. The molecule has 0 saturated heterocycles. The molecule has 1 aliphatic rings. The highest BCUT2D eigenvalue weighted by atomic mass is 16.1. The molecule has 3 heterocycles. The van der Waals surface area contributed by atoms with Crippen molar-refractivity contribution in [2.24, 2.45) is 0 Å². The zero-order chi connectivity index (χ0) is 22.9. The maximum absolute atomic E-state index is 12.1. The largest absolute Gasteiger partial charge is 0.360 e.